The minimum Gasteiger partial charge on any atom is -0.378 e. The molecule has 0 radical (unpaired) electrons. The molecule has 0 atom stereocenters. The van der Waals surface area contributed by atoms with Gasteiger partial charge in [0.2, 0.25) is 0 Å². The van der Waals surface area contributed by atoms with Gasteiger partial charge >= 0.3 is 0 Å². The predicted octanol–water partition coefficient (Wildman–Crippen LogP) is 3.32. The first-order valence-electron chi connectivity index (χ1n) is 7.72. The molecule has 2 aromatic carbocycles. The van der Waals surface area contributed by atoms with Crippen molar-refractivity contribution in [3.8, 4) is 0 Å². The van der Waals surface area contributed by atoms with E-state index < -0.39 is 4.92 Å². The molecule has 0 aliphatic carbocycles. The van der Waals surface area contributed by atoms with E-state index in [0.717, 1.165) is 11.3 Å². The summed E-state index contributed by atoms with van der Waals surface area (Å²) in [5, 5.41) is 10.7. The molecule has 0 unspecified atom stereocenters. The largest absolute Gasteiger partial charge is 0.378 e. The van der Waals surface area contributed by atoms with Crippen LogP contribution in [0.1, 0.15) is 22.8 Å². The van der Waals surface area contributed by atoms with E-state index in [1.54, 1.807) is 4.90 Å². The lowest BCUT2D eigenvalue weighted by Crippen LogP contribution is -2.30. The van der Waals surface area contributed by atoms with Gasteiger partial charge in [-0.15, -0.1) is 0 Å². The molecule has 0 aliphatic heterocycles. The number of nitro groups is 1. The van der Waals surface area contributed by atoms with Crippen molar-refractivity contribution < 1.29 is 9.72 Å². The van der Waals surface area contributed by atoms with Gasteiger partial charge < -0.3 is 9.80 Å². The summed E-state index contributed by atoms with van der Waals surface area (Å²) in [6.07, 6.45) is 0. The number of rotatable bonds is 6. The quantitative estimate of drug-likeness (QED) is 0.603. The first kappa shape index (κ1) is 17.5. The van der Waals surface area contributed by atoms with E-state index in [-0.39, 0.29) is 11.6 Å². The van der Waals surface area contributed by atoms with Crippen LogP contribution in [0.2, 0.25) is 0 Å². The van der Waals surface area contributed by atoms with Crippen molar-refractivity contribution in [3.63, 3.8) is 0 Å². The Kier molecular flexibility index (Phi) is 5.52. The first-order chi connectivity index (χ1) is 11.4. The molecule has 0 saturated carbocycles. The van der Waals surface area contributed by atoms with E-state index in [1.807, 2.05) is 50.2 Å². The molecular formula is C18H21N3O3. The summed E-state index contributed by atoms with van der Waals surface area (Å²) in [7, 11) is 3.96. The van der Waals surface area contributed by atoms with Crippen LogP contribution in [0.3, 0.4) is 0 Å². The van der Waals surface area contributed by atoms with Gasteiger partial charge in [0.15, 0.2) is 0 Å². The van der Waals surface area contributed by atoms with Crippen molar-refractivity contribution in [2.45, 2.75) is 13.5 Å². The molecular weight excluding hydrogens is 306 g/mol. The van der Waals surface area contributed by atoms with Gasteiger partial charge in [0, 0.05) is 50.6 Å². The number of benzene rings is 2. The van der Waals surface area contributed by atoms with Crippen LogP contribution in [-0.2, 0) is 6.54 Å². The third kappa shape index (κ3) is 4.10. The SMILES string of the molecule is CCN(Cc1ccc(N(C)C)cc1)C(=O)c1ccc([N+](=O)[O-])cc1. The van der Waals surface area contributed by atoms with Gasteiger partial charge in [-0.05, 0) is 36.8 Å². The first-order valence-corrected chi connectivity index (χ1v) is 7.72. The highest BCUT2D eigenvalue weighted by Crippen LogP contribution is 2.17. The van der Waals surface area contributed by atoms with Crippen LogP contribution in [0.25, 0.3) is 0 Å². The number of nitrogens with zero attached hydrogens (tertiary/aromatic N) is 3. The molecule has 2 aromatic rings. The number of hydrogen-bond donors (Lipinski definition) is 0. The lowest BCUT2D eigenvalue weighted by molar-refractivity contribution is -0.384. The molecule has 6 heteroatoms. The van der Waals surface area contributed by atoms with E-state index in [0.29, 0.717) is 18.7 Å². The number of non-ortho nitro benzene ring substituents is 1. The van der Waals surface area contributed by atoms with Crippen molar-refractivity contribution in [3.05, 3.63) is 69.8 Å². The third-order valence-corrected chi connectivity index (χ3v) is 3.82. The molecule has 6 nitrogen and oxygen atoms in total. The number of nitro benzene ring substituents is 1. The van der Waals surface area contributed by atoms with Gasteiger partial charge in [-0.3, -0.25) is 14.9 Å². The zero-order valence-corrected chi connectivity index (χ0v) is 14.1. The fraction of sp³-hybridized carbons (Fsp3) is 0.278. The lowest BCUT2D eigenvalue weighted by atomic mass is 10.1. The summed E-state index contributed by atoms with van der Waals surface area (Å²) in [5.74, 6) is -0.135. The summed E-state index contributed by atoms with van der Waals surface area (Å²) in [4.78, 5) is 26.5. The van der Waals surface area contributed by atoms with Crippen molar-refractivity contribution in [1.29, 1.82) is 0 Å². The van der Waals surface area contributed by atoms with Crippen molar-refractivity contribution in [2.24, 2.45) is 0 Å². The maximum absolute atomic E-state index is 12.6. The summed E-state index contributed by atoms with van der Waals surface area (Å²) in [5.41, 5.74) is 2.57. The van der Waals surface area contributed by atoms with E-state index in [1.165, 1.54) is 24.3 Å². The molecule has 24 heavy (non-hydrogen) atoms. The molecule has 0 fully saturated rings. The molecule has 0 aromatic heterocycles. The fourth-order valence-electron chi connectivity index (χ4n) is 2.36. The van der Waals surface area contributed by atoms with Crippen molar-refractivity contribution in [1.82, 2.24) is 4.90 Å². The van der Waals surface area contributed by atoms with Gasteiger partial charge in [0.05, 0.1) is 4.92 Å². The molecule has 0 aliphatic rings. The summed E-state index contributed by atoms with van der Waals surface area (Å²) >= 11 is 0. The summed E-state index contributed by atoms with van der Waals surface area (Å²) in [6.45, 7) is 2.97. The minimum atomic E-state index is -0.474. The maximum Gasteiger partial charge on any atom is 0.269 e. The standard InChI is InChI=1S/C18H21N3O3/c1-4-20(13-14-5-9-16(10-6-14)19(2)3)18(22)15-7-11-17(12-8-15)21(23)24/h5-12H,4,13H2,1-3H3. The van der Waals surface area contributed by atoms with Gasteiger partial charge in [-0.1, -0.05) is 12.1 Å². The van der Waals surface area contributed by atoms with Crippen LogP contribution in [0.15, 0.2) is 48.5 Å². The second kappa shape index (κ2) is 7.59. The second-order valence-corrected chi connectivity index (χ2v) is 5.68. The second-order valence-electron chi connectivity index (χ2n) is 5.68. The maximum atomic E-state index is 12.6. The smallest absolute Gasteiger partial charge is 0.269 e. The average molecular weight is 327 g/mol. The Morgan fingerprint density at radius 3 is 2.08 bits per heavy atom. The minimum absolute atomic E-state index is 0.0196. The highest BCUT2D eigenvalue weighted by atomic mass is 16.6. The van der Waals surface area contributed by atoms with Crippen LogP contribution in [0.4, 0.5) is 11.4 Å². The van der Waals surface area contributed by atoms with Crippen LogP contribution in [0, 0.1) is 10.1 Å². The zero-order valence-electron chi connectivity index (χ0n) is 14.1. The molecule has 0 saturated heterocycles. The molecule has 0 spiro atoms. The number of carbonyl (C=O) groups is 1. The Hall–Kier alpha value is -2.89. The molecule has 2 rings (SSSR count). The monoisotopic (exact) mass is 327 g/mol. The van der Waals surface area contributed by atoms with Gasteiger partial charge in [-0.25, -0.2) is 0 Å². The molecule has 1 amide bonds. The van der Waals surface area contributed by atoms with E-state index in [9.17, 15) is 14.9 Å². The Balaban J connectivity index is 2.12. The molecule has 126 valence electrons. The van der Waals surface area contributed by atoms with Crippen LogP contribution >= 0.6 is 0 Å². The fourth-order valence-corrected chi connectivity index (χ4v) is 2.36. The highest BCUT2D eigenvalue weighted by molar-refractivity contribution is 5.94. The third-order valence-electron chi connectivity index (χ3n) is 3.82. The van der Waals surface area contributed by atoms with Gasteiger partial charge in [0.1, 0.15) is 0 Å². The Morgan fingerprint density at radius 1 is 1.04 bits per heavy atom. The normalized spacial score (nSPS) is 10.3. The number of hydrogen-bond acceptors (Lipinski definition) is 4. The summed E-state index contributed by atoms with van der Waals surface area (Å²) < 4.78 is 0. The van der Waals surface area contributed by atoms with Gasteiger partial charge in [0.25, 0.3) is 11.6 Å². The highest BCUT2D eigenvalue weighted by Gasteiger charge is 2.16. The van der Waals surface area contributed by atoms with Crippen LogP contribution < -0.4 is 4.90 Å². The Morgan fingerprint density at radius 2 is 1.62 bits per heavy atom. The van der Waals surface area contributed by atoms with Crippen molar-refractivity contribution in [2.75, 3.05) is 25.5 Å². The number of amides is 1. The molecule has 0 N–H and O–H groups in total. The lowest BCUT2D eigenvalue weighted by Gasteiger charge is -2.21. The van der Waals surface area contributed by atoms with E-state index in [4.69, 9.17) is 0 Å². The zero-order chi connectivity index (χ0) is 17.7. The number of anilines is 1. The van der Waals surface area contributed by atoms with Crippen LogP contribution in [0.5, 0.6) is 0 Å². The summed E-state index contributed by atoms with van der Waals surface area (Å²) in [6, 6.07) is 13.7. The predicted molar refractivity (Wildman–Crippen MR) is 94.3 cm³/mol. The Labute approximate surface area is 141 Å². The number of carbonyl (C=O) groups excluding carboxylic acids is 1. The van der Waals surface area contributed by atoms with Crippen molar-refractivity contribution >= 4 is 17.3 Å². The van der Waals surface area contributed by atoms with Gasteiger partial charge in [-0.2, -0.15) is 0 Å². The Bertz CT molecular complexity index is 709. The van der Waals surface area contributed by atoms with E-state index in [2.05, 4.69) is 0 Å². The molecule has 0 heterocycles. The average Bonchev–Trinajstić information content (AvgIpc) is 2.59. The topological polar surface area (TPSA) is 66.7 Å². The van der Waals surface area contributed by atoms with Crippen LogP contribution in [-0.4, -0.2) is 36.4 Å². The molecule has 0 bridgehead atoms. The van der Waals surface area contributed by atoms with E-state index >= 15 is 0 Å².